The first-order valence-corrected chi connectivity index (χ1v) is 11.0. The lowest BCUT2D eigenvalue weighted by Crippen LogP contribution is -2.38. The molecule has 0 heterocycles. The molecule has 0 unspecified atom stereocenters. The zero-order valence-corrected chi connectivity index (χ0v) is 17.6. The number of amides is 1. The summed E-state index contributed by atoms with van der Waals surface area (Å²) in [5.74, 6) is -0.948. The normalized spacial score (nSPS) is 11.2. The molecule has 0 aliphatic carbocycles. The molecular formula is C23H23FN2O3S. The minimum Gasteiger partial charge on any atom is -0.325 e. The van der Waals surface area contributed by atoms with Gasteiger partial charge in [-0.15, -0.1) is 0 Å². The Balaban J connectivity index is 1.98. The number of rotatable bonds is 7. The molecule has 0 aromatic heterocycles. The van der Waals surface area contributed by atoms with E-state index in [1.807, 2.05) is 26.0 Å². The fraction of sp³-hybridized carbons (Fsp3) is 0.174. The topological polar surface area (TPSA) is 66.5 Å². The first kappa shape index (κ1) is 21.5. The Labute approximate surface area is 176 Å². The number of hydrogen-bond donors (Lipinski definition) is 1. The number of nitrogens with one attached hydrogen (secondary N) is 1. The van der Waals surface area contributed by atoms with Gasteiger partial charge < -0.3 is 5.32 Å². The average Bonchev–Trinajstić information content (AvgIpc) is 2.74. The summed E-state index contributed by atoms with van der Waals surface area (Å²) in [5, 5.41) is 2.63. The van der Waals surface area contributed by atoms with E-state index in [9.17, 15) is 17.6 Å². The molecule has 0 saturated carbocycles. The molecule has 3 aromatic carbocycles. The van der Waals surface area contributed by atoms with E-state index < -0.39 is 28.3 Å². The zero-order valence-electron chi connectivity index (χ0n) is 16.8. The van der Waals surface area contributed by atoms with Crippen LogP contribution in [0.4, 0.5) is 15.8 Å². The van der Waals surface area contributed by atoms with Gasteiger partial charge in [0.05, 0.1) is 10.6 Å². The first-order chi connectivity index (χ1) is 14.3. The van der Waals surface area contributed by atoms with Crippen LogP contribution >= 0.6 is 0 Å². The van der Waals surface area contributed by atoms with E-state index in [0.717, 1.165) is 15.4 Å². The number of halogens is 1. The largest absolute Gasteiger partial charge is 0.325 e. The summed E-state index contributed by atoms with van der Waals surface area (Å²) in [6, 6.07) is 18.9. The molecule has 0 aliphatic heterocycles. The Morgan fingerprint density at radius 3 is 2.23 bits per heavy atom. The zero-order chi connectivity index (χ0) is 21.7. The molecule has 0 radical (unpaired) electrons. The molecule has 5 nitrogen and oxygen atoms in total. The number of hydrogen-bond acceptors (Lipinski definition) is 3. The van der Waals surface area contributed by atoms with Crippen molar-refractivity contribution in [3.05, 3.63) is 89.7 Å². The molecule has 156 valence electrons. The van der Waals surface area contributed by atoms with Gasteiger partial charge in [-0.1, -0.05) is 42.8 Å². The number of aryl methyl sites for hydroxylation is 2. The van der Waals surface area contributed by atoms with Gasteiger partial charge in [-0.25, -0.2) is 12.8 Å². The van der Waals surface area contributed by atoms with Gasteiger partial charge in [-0.05, 0) is 61.4 Å². The smallest absolute Gasteiger partial charge is 0.264 e. The number of para-hydroxylation sites is 1. The fourth-order valence-electron chi connectivity index (χ4n) is 3.05. The summed E-state index contributed by atoms with van der Waals surface area (Å²) in [6.07, 6.45) is 0.607. The third-order valence-corrected chi connectivity index (χ3v) is 6.44. The van der Waals surface area contributed by atoms with Crippen LogP contribution < -0.4 is 9.62 Å². The summed E-state index contributed by atoms with van der Waals surface area (Å²) in [6.45, 7) is 3.38. The van der Waals surface area contributed by atoms with Crippen molar-refractivity contribution < 1.29 is 17.6 Å². The number of anilines is 2. The molecule has 30 heavy (non-hydrogen) atoms. The molecule has 0 bridgehead atoms. The van der Waals surface area contributed by atoms with Crippen molar-refractivity contribution in [2.24, 2.45) is 0 Å². The lowest BCUT2D eigenvalue weighted by molar-refractivity contribution is -0.114. The van der Waals surface area contributed by atoms with Crippen molar-refractivity contribution >= 4 is 27.3 Å². The van der Waals surface area contributed by atoms with E-state index in [4.69, 9.17) is 0 Å². The van der Waals surface area contributed by atoms with Crippen LogP contribution in [0.5, 0.6) is 0 Å². The molecule has 0 saturated heterocycles. The van der Waals surface area contributed by atoms with Gasteiger partial charge >= 0.3 is 0 Å². The van der Waals surface area contributed by atoms with Crippen LogP contribution in [-0.4, -0.2) is 20.9 Å². The Hall–Kier alpha value is -3.19. The van der Waals surface area contributed by atoms with Gasteiger partial charge in [0.1, 0.15) is 12.4 Å². The lowest BCUT2D eigenvalue weighted by atomic mass is 10.1. The van der Waals surface area contributed by atoms with E-state index in [0.29, 0.717) is 17.8 Å². The molecule has 0 fully saturated rings. The SMILES string of the molecule is CCc1ccccc1N(CC(=O)Nc1ccc(F)cc1)S(=O)(=O)c1ccc(C)cc1. The Morgan fingerprint density at radius 1 is 0.967 bits per heavy atom. The molecule has 0 aliphatic rings. The number of nitrogens with zero attached hydrogens (tertiary/aromatic N) is 1. The quantitative estimate of drug-likeness (QED) is 0.604. The van der Waals surface area contributed by atoms with Crippen LogP contribution in [0.2, 0.25) is 0 Å². The second-order valence-electron chi connectivity index (χ2n) is 6.86. The Bertz CT molecular complexity index is 1130. The first-order valence-electron chi connectivity index (χ1n) is 9.54. The monoisotopic (exact) mass is 426 g/mol. The lowest BCUT2D eigenvalue weighted by Gasteiger charge is -2.26. The Morgan fingerprint density at radius 2 is 1.60 bits per heavy atom. The van der Waals surface area contributed by atoms with Crippen LogP contribution in [0, 0.1) is 12.7 Å². The molecule has 0 spiro atoms. The standard InChI is InChI=1S/C23H23FN2O3S/c1-3-18-6-4-5-7-22(18)26(30(28,29)21-14-8-17(2)9-15-21)16-23(27)25-20-12-10-19(24)11-13-20/h4-15H,3,16H2,1-2H3,(H,25,27). The van der Waals surface area contributed by atoms with Crippen LogP contribution in [0.25, 0.3) is 0 Å². The highest BCUT2D eigenvalue weighted by atomic mass is 32.2. The second kappa shape index (κ2) is 9.09. The van der Waals surface area contributed by atoms with Crippen molar-refractivity contribution in [3.63, 3.8) is 0 Å². The van der Waals surface area contributed by atoms with Crippen LogP contribution in [0.15, 0.2) is 77.7 Å². The van der Waals surface area contributed by atoms with E-state index in [-0.39, 0.29) is 4.90 Å². The molecule has 7 heteroatoms. The molecule has 3 rings (SSSR count). The summed E-state index contributed by atoms with van der Waals surface area (Å²) in [4.78, 5) is 12.8. The van der Waals surface area contributed by atoms with Crippen molar-refractivity contribution in [1.82, 2.24) is 0 Å². The van der Waals surface area contributed by atoms with E-state index in [1.54, 1.807) is 24.3 Å². The number of carbonyl (C=O) groups excluding carboxylic acids is 1. The highest BCUT2D eigenvalue weighted by Crippen LogP contribution is 2.28. The summed E-state index contributed by atoms with van der Waals surface area (Å²) in [7, 11) is -3.99. The molecule has 1 N–H and O–H groups in total. The van der Waals surface area contributed by atoms with Crippen LogP contribution in [0.1, 0.15) is 18.1 Å². The molecule has 0 atom stereocenters. The molecular weight excluding hydrogens is 403 g/mol. The second-order valence-corrected chi connectivity index (χ2v) is 8.72. The highest BCUT2D eigenvalue weighted by molar-refractivity contribution is 7.92. The van der Waals surface area contributed by atoms with E-state index in [2.05, 4.69) is 5.32 Å². The van der Waals surface area contributed by atoms with Gasteiger partial charge in [0, 0.05) is 5.69 Å². The predicted octanol–water partition coefficient (Wildman–Crippen LogP) is 4.53. The minimum atomic E-state index is -3.99. The third-order valence-electron chi connectivity index (χ3n) is 4.67. The summed E-state index contributed by atoms with van der Waals surface area (Å²) < 4.78 is 41.1. The molecule has 3 aromatic rings. The van der Waals surface area contributed by atoms with Gasteiger partial charge in [-0.2, -0.15) is 0 Å². The maximum atomic E-state index is 13.4. The number of benzene rings is 3. The number of sulfonamides is 1. The highest BCUT2D eigenvalue weighted by Gasteiger charge is 2.28. The van der Waals surface area contributed by atoms with Crippen LogP contribution in [-0.2, 0) is 21.2 Å². The van der Waals surface area contributed by atoms with Gasteiger partial charge in [0.15, 0.2) is 0 Å². The van der Waals surface area contributed by atoms with E-state index >= 15 is 0 Å². The van der Waals surface area contributed by atoms with Crippen molar-refractivity contribution in [1.29, 1.82) is 0 Å². The Kier molecular flexibility index (Phi) is 6.52. The third kappa shape index (κ3) is 4.86. The maximum Gasteiger partial charge on any atom is 0.264 e. The fourth-order valence-corrected chi connectivity index (χ4v) is 4.51. The van der Waals surface area contributed by atoms with E-state index in [1.165, 1.54) is 36.4 Å². The minimum absolute atomic E-state index is 0.105. The van der Waals surface area contributed by atoms with Crippen LogP contribution in [0.3, 0.4) is 0 Å². The average molecular weight is 427 g/mol. The van der Waals surface area contributed by atoms with Crippen molar-refractivity contribution in [2.75, 3.05) is 16.2 Å². The van der Waals surface area contributed by atoms with Crippen molar-refractivity contribution in [2.45, 2.75) is 25.2 Å². The van der Waals surface area contributed by atoms with Gasteiger partial charge in [-0.3, -0.25) is 9.10 Å². The summed E-state index contributed by atoms with van der Waals surface area (Å²) >= 11 is 0. The number of carbonyl (C=O) groups is 1. The molecule has 1 amide bonds. The predicted molar refractivity (Wildman–Crippen MR) is 117 cm³/mol. The maximum absolute atomic E-state index is 13.4. The van der Waals surface area contributed by atoms with Gasteiger partial charge in [0.25, 0.3) is 10.0 Å². The van der Waals surface area contributed by atoms with Gasteiger partial charge in [0.2, 0.25) is 5.91 Å². The van der Waals surface area contributed by atoms with Crippen molar-refractivity contribution in [3.8, 4) is 0 Å². The summed E-state index contributed by atoms with van der Waals surface area (Å²) in [5.41, 5.74) is 2.58.